The van der Waals surface area contributed by atoms with Crippen LogP contribution >= 0.6 is 0 Å². The molecule has 0 radical (unpaired) electrons. The van der Waals surface area contributed by atoms with E-state index in [1.807, 2.05) is 0 Å². The molecule has 1 fully saturated rings. The first-order chi connectivity index (χ1) is 8.15. The van der Waals surface area contributed by atoms with E-state index in [0.717, 1.165) is 5.56 Å². The molecule has 0 spiro atoms. The van der Waals surface area contributed by atoms with Crippen LogP contribution in [0.5, 0.6) is 0 Å². The Hall–Kier alpha value is -1.95. The zero-order valence-electron chi connectivity index (χ0n) is 9.05. The Morgan fingerprint density at radius 1 is 1.53 bits per heavy atom. The van der Waals surface area contributed by atoms with Crippen molar-refractivity contribution >= 4 is 11.9 Å². The molecule has 0 unspecified atom stereocenters. The Kier molecular flexibility index (Phi) is 3.06. The molecular formula is C11H12N2O4. The summed E-state index contributed by atoms with van der Waals surface area (Å²) in [7, 11) is 0. The standard InChI is InChI=1S/C11H12N2O4/c14-9(11(10(15)16)6-17-7-11)13-5-8-2-1-3-12-4-8/h1-4H,5-7H2,(H,13,14)(H,15,16). The number of carbonyl (C=O) groups excluding carboxylic acids is 1. The second kappa shape index (κ2) is 4.50. The Balaban J connectivity index is 1.96. The number of carbonyl (C=O) groups is 2. The van der Waals surface area contributed by atoms with E-state index < -0.39 is 17.3 Å². The number of ether oxygens (including phenoxy) is 1. The quantitative estimate of drug-likeness (QED) is 0.707. The Bertz CT molecular complexity index is 428. The van der Waals surface area contributed by atoms with Crippen molar-refractivity contribution < 1.29 is 19.4 Å². The van der Waals surface area contributed by atoms with Crippen LogP contribution in [-0.2, 0) is 20.9 Å². The van der Waals surface area contributed by atoms with Crippen molar-refractivity contribution in [2.75, 3.05) is 13.2 Å². The molecule has 1 saturated heterocycles. The van der Waals surface area contributed by atoms with Gasteiger partial charge in [0.25, 0.3) is 0 Å². The summed E-state index contributed by atoms with van der Waals surface area (Å²) in [5.74, 6) is -1.66. The SMILES string of the molecule is O=C(O)C1(C(=O)NCc2cccnc2)COC1. The zero-order valence-corrected chi connectivity index (χ0v) is 9.05. The normalized spacial score (nSPS) is 16.9. The van der Waals surface area contributed by atoms with Gasteiger partial charge in [-0.1, -0.05) is 6.07 Å². The lowest BCUT2D eigenvalue weighted by Gasteiger charge is -2.35. The van der Waals surface area contributed by atoms with E-state index in [1.54, 1.807) is 24.5 Å². The summed E-state index contributed by atoms with van der Waals surface area (Å²) in [5.41, 5.74) is -0.594. The lowest BCUT2D eigenvalue weighted by molar-refractivity contribution is -0.185. The summed E-state index contributed by atoms with van der Waals surface area (Å²) >= 11 is 0. The second-order valence-corrected chi connectivity index (χ2v) is 3.92. The van der Waals surface area contributed by atoms with Gasteiger partial charge in [0.1, 0.15) is 0 Å². The average Bonchev–Trinajstić information content (AvgIpc) is 2.25. The number of hydrogen-bond acceptors (Lipinski definition) is 4. The van der Waals surface area contributed by atoms with Crippen molar-refractivity contribution in [3.8, 4) is 0 Å². The van der Waals surface area contributed by atoms with E-state index in [4.69, 9.17) is 9.84 Å². The molecule has 0 saturated carbocycles. The highest BCUT2D eigenvalue weighted by Crippen LogP contribution is 2.28. The average molecular weight is 236 g/mol. The van der Waals surface area contributed by atoms with Gasteiger partial charge in [0.2, 0.25) is 5.91 Å². The van der Waals surface area contributed by atoms with Gasteiger partial charge in [-0.2, -0.15) is 0 Å². The number of aromatic nitrogens is 1. The van der Waals surface area contributed by atoms with Crippen LogP contribution in [0.2, 0.25) is 0 Å². The monoisotopic (exact) mass is 236 g/mol. The first-order valence-corrected chi connectivity index (χ1v) is 5.13. The fourth-order valence-corrected chi connectivity index (χ4v) is 1.51. The molecule has 1 aromatic heterocycles. The summed E-state index contributed by atoms with van der Waals surface area (Å²) in [6, 6.07) is 3.55. The lowest BCUT2D eigenvalue weighted by atomic mass is 9.85. The molecule has 2 N–H and O–H groups in total. The van der Waals surface area contributed by atoms with Crippen LogP contribution in [0.15, 0.2) is 24.5 Å². The topological polar surface area (TPSA) is 88.5 Å². The van der Waals surface area contributed by atoms with Crippen LogP contribution in [-0.4, -0.2) is 35.2 Å². The van der Waals surface area contributed by atoms with Crippen molar-refractivity contribution in [3.05, 3.63) is 30.1 Å². The molecule has 2 rings (SSSR count). The third kappa shape index (κ3) is 2.12. The number of pyridine rings is 1. The fourth-order valence-electron chi connectivity index (χ4n) is 1.51. The van der Waals surface area contributed by atoms with E-state index >= 15 is 0 Å². The Morgan fingerprint density at radius 3 is 2.76 bits per heavy atom. The smallest absolute Gasteiger partial charge is 0.324 e. The molecule has 0 bridgehead atoms. The number of rotatable bonds is 4. The summed E-state index contributed by atoms with van der Waals surface area (Å²) in [6.07, 6.45) is 3.24. The Labute approximate surface area is 97.6 Å². The maximum atomic E-state index is 11.8. The van der Waals surface area contributed by atoms with Gasteiger partial charge in [0.15, 0.2) is 5.41 Å². The van der Waals surface area contributed by atoms with Crippen molar-refractivity contribution in [1.29, 1.82) is 0 Å². The highest BCUT2D eigenvalue weighted by Gasteiger charge is 2.53. The van der Waals surface area contributed by atoms with E-state index in [2.05, 4.69) is 10.3 Å². The molecular weight excluding hydrogens is 224 g/mol. The van der Waals surface area contributed by atoms with Crippen molar-refractivity contribution in [2.24, 2.45) is 5.41 Å². The molecule has 6 heteroatoms. The van der Waals surface area contributed by atoms with E-state index in [1.165, 1.54) is 0 Å². The molecule has 0 aliphatic carbocycles. The molecule has 6 nitrogen and oxygen atoms in total. The van der Waals surface area contributed by atoms with Gasteiger partial charge in [0.05, 0.1) is 13.2 Å². The van der Waals surface area contributed by atoms with E-state index in [0.29, 0.717) is 0 Å². The van der Waals surface area contributed by atoms with Gasteiger partial charge in [-0.15, -0.1) is 0 Å². The molecule has 1 aliphatic heterocycles. The van der Waals surface area contributed by atoms with E-state index in [-0.39, 0.29) is 19.8 Å². The van der Waals surface area contributed by atoms with Crippen LogP contribution in [0.25, 0.3) is 0 Å². The molecule has 1 aromatic rings. The van der Waals surface area contributed by atoms with Crippen molar-refractivity contribution in [2.45, 2.75) is 6.54 Å². The van der Waals surface area contributed by atoms with Crippen LogP contribution in [0.4, 0.5) is 0 Å². The van der Waals surface area contributed by atoms with Crippen LogP contribution in [0, 0.1) is 5.41 Å². The maximum Gasteiger partial charge on any atom is 0.324 e. The third-order valence-electron chi connectivity index (χ3n) is 2.72. The summed E-state index contributed by atoms with van der Waals surface area (Å²) in [4.78, 5) is 26.7. The number of hydrogen-bond donors (Lipinski definition) is 2. The van der Waals surface area contributed by atoms with Crippen LogP contribution < -0.4 is 5.32 Å². The molecule has 0 aromatic carbocycles. The predicted octanol–water partition coefficient (Wildman–Crippen LogP) is -0.201. The van der Waals surface area contributed by atoms with Gasteiger partial charge in [-0.25, -0.2) is 0 Å². The van der Waals surface area contributed by atoms with Gasteiger partial charge >= 0.3 is 5.97 Å². The first kappa shape index (κ1) is 11.5. The largest absolute Gasteiger partial charge is 0.480 e. The summed E-state index contributed by atoms with van der Waals surface area (Å²) < 4.78 is 4.82. The zero-order chi connectivity index (χ0) is 12.3. The molecule has 1 amide bonds. The molecule has 1 aliphatic rings. The highest BCUT2D eigenvalue weighted by atomic mass is 16.5. The second-order valence-electron chi connectivity index (χ2n) is 3.92. The lowest BCUT2D eigenvalue weighted by Crippen LogP contribution is -2.58. The van der Waals surface area contributed by atoms with Gasteiger partial charge in [0, 0.05) is 18.9 Å². The minimum absolute atomic E-state index is 0.0682. The third-order valence-corrected chi connectivity index (χ3v) is 2.72. The first-order valence-electron chi connectivity index (χ1n) is 5.13. The van der Waals surface area contributed by atoms with Crippen molar-refractivity contribution in [3.63, 3.8) is 0 Å². The van der Waals surface area contributed by atoms with Crippen molar-refractivity contribution in [1.82, 2.24) is 10.3 Å². The summed E-state index contributed by atoms with van der Waals surface area (Å²) in [5, 5.41) is 11.6. The number of carboxylic acids is 1. The van der Waals surface area contributed by atoms with Crippen LogP contribution in [0.3, 0.4) is 0 Å². The van der Waals surface area contributed by atoms with Gasteiger partial charge < -0.3 is 15.2 Å². The summed E-state index contributed by atoms with van der Waals surface area (Å²) in [6.45, 7) is 0.129. The number of aliphatic carboxylic acids is 1. The minimum Gasteiger partial charge on any atom is -0.480 e. The number of nitrogens with one attached hydrogen (secondary N) is 1. The molecule has 2 heterocycles. The molecule has 17 heavy (non-hydrogen) atoms. The number of carboxylic acid groups (broad SMARTS) is 1. The van der Waals surface area contributed by atoms with Crippen LogP contribution in [0.1, 0.15) is 5.56 Å². The van der Waals surface area contributed by atoms with E-state index in [9.17, 15) is 9.59 Å². The fraction of sp³-hybridized carbons (Fsp3) is 0.364. The highest BCUT2D eigenvalue weighted by molar-refractivity contribution is 6.03. The van der Waals surface area contributed by atoms with Gasteiger partial charge in [-0.3, -0.25) is 14.6 Å². The maximum absolute atomic E-state index is 11.8. The van der Waals surface area contributed by atoms with Gasteiger partial charge in [-0.05, 0) is 11.6 Å². The number of nitrogens with zero attached hydrogens (tertiary/aromatic N) is 1. The molecule has 90 valence electrons. The predicted molar refractivity (Wildman–Crippen MR) is 57.0 cm³/mol. The molecule has 0 atom stereocenters. The number of amides is 1. The minimum atomic E-state index is -1.41. The Morgan fingerprint density at radius 2 is 2.29 bits per heavy atom.